The van der Waals surface area contributed by atoms with Gasteiger partial charge in [-0.25, -0.2) is 0 Å². The van der Waals surface area contributed by atoms with Crippen molar-refractivity contribution in [1.29, 1.82) is 0 Å². The fourth-order valence-electron chi connectivity index (χ4n) is 0.584. The summed E-state index contributed by atoms with van der Waals surface area (Å²) in [6.45, 7) is 4.06. The van der Waals surface area contributed by atoms with Gasteiger partial charge in [0.15, 0.2) is 0 Å². The highest BCUT2D eigenvalue weighted by Gasteiger charge is 1.74. The van der Waals surface area contributed by atoms with Crippen molar-refractivity contribution in [2.24, 2.45) is 4.99 Å². The van der Waals surface area contributed by atoms with Gasteiger partial charge in [-0.3, -0.25) is 4.99 Å². The molecular formula is C10H15N. The van der Waals surface area contributed by atoms with Crippen LogP contribution in [-0.2, 0) is 0 Å². The first-order valence-corrected chi connectivity index (χ1v) is 3.69. The van der Waals surface area contributed by atoms with E-state index in [1.54, 1.807) is 13.3 Å². The van der Waals surface area contributed by atoms with Crippen molar-refractivity contribution >= 4 is 6.21 Å². The largest absolute Gasteiger partial charge is 0.297 e. The summed E-state index contributed by atoms with van der Waals surface area (Å²) in [7, 11) is 1.76. The summed E-state index contributed by atoms with van der Waals surface area (Å²) in [6.07, 6.45) is 11.8. The average Bonchev–Trinajstić information content (AvgIpc) is 2.01. The van der Waals surface area contributed by atoms with E-state index in [2.05, 4.69) is 18.0 Å². The highest BCUT2D eigenvalue weighted by Crippen LogP contribution is 1.93. The van der Waals surface area contributed by atoms with Gasteiger partial charge < -0.3 is 0 Å². The lowest BCUT2D eigenvalue weighted by molar-refractivity contribution is 1.47. The Morgan fingerprint density at radius 3 is 2.55 bits per heavy atom. The Balaban J connectivity index is 3.94. The second kappa shape index (κ2) is 7.00. The molecule has 0 N–H and O–H groups in total. The molecule has 60 valence electrons. The van der Waals surface area contributed by atoms with E-state index in [1.807, 2.05) is 31.2 Å². The van der Waals surface area contributed by atoms with Gasteiger partial charge in [-0.15, -0.1) is 0 Å². The molecule has 1 nitrogen and oxygen atoms in total. The molecule has 11 heavy (non-hydrogen) atoms. The molecule has 0 aromatic carbocycles. The van der Waals surface area contributed by atoms with Gasteiger partial charge in [0.2, 0.25) is 0 Å². The molecule has 0 saturated heterocycles. The Morgan fingerprint density at radius 2 is 2.00 bits per heavy atom. The van der Waals surface area contributed by atoms with Crippen LogP contribution in [0, 0.1) is 0 Å². The third-order valence-corrected chi connectivity index (χ3v) is 1.15. The molecule has 0 aliphatic carbocycles. The molecule has 0 aromatic rings. The van der Waals surface area contributed by atoms with E-state index in [0.717, 1.165) is 0 Å². The van der Waals surface area contributed by atoms with E-state index in [0.29, 0.717) is 0 Å². The Labute approximate surface area is 68.9 Å². The Hall–Kier alpha value is -1.11. The summed E-state index contributed by atoms with van der Waals surface area (Å²) in [5.41, 5.74) is 1.23. The summed E-state index contributed by atoms with van der Waals surface area (Å²) in [4.78, 5) is 3.83. The number of nitrogens with zero attached hydrogens (tertiary/aromatic N) is 1. The third kappa shape index (κ3) is 6.78. The number of allylic oxidation sites excluding steroid dienone is 6. The number of hydrogen-bond donors (Lipinski definition) is 0. The van der Waals surface area contributed by atoms with Gasteiger partial charge >= 0.3 is 0 Å². The zero-order valence-corrected chi connectivity index (χ0v) is 7.41. The van der Waals surface area contributed by atoms with E-state index in [4.69, 9.17) is 0 Å². The zero-order valence-electron chi connectivity index (χ0n) is 7.41. The van der Waals surface area contributed by atoms with Crippen molar-refractivity contribution < 1.29 is 0 Å². The number of hydrogen-bond acceptors (Lipinski definition) is 1. The van der Waals surface area contributed by atoms with Crippen molar-refractivity contribution in [2.45, 2.75) is 13.8 Å². The van der Waals surface area contributed by atoms with Gasteiger partial charge in [-0.05, 0) is 19.9 Å². The molecule has 0 atom stereocenters. The van der Waals surface area contributed by atoms with Crippen LogP contribution >= 0.6 is 0 Å². The van der Waals surface area contributed by atoms with Crippen molar-refractivity contribution in [3.63, 3.8) is 0 Å². The van der Waals surface area contributed by atoms with Gasteiger partial charge in [0.1, 0.15) is 0 Å². The molecule has 0 rings (SSSR count). The maximum absolute atomic E-state index is 3.83. The second-order valence-electron chi connectivity index (χ2n) is 2.20. The second-order valence-corrected chi connectivity index (χ2v) is 2.20. The van der Waals surface area contributed by atoms with Gasteiger partial charge in [0.25, 0.3) is 0 Å². The monoisotopic (exact) mass is 149 g/mol. The molecule has 0 heterocycles. The minimum atomic E-state index is 1.23. The standard InChI is InChI=1S/C10H15N/c1-4-5-7-10(2)8-6-9-11-3/h4-9H,1-3H3/b5-4+,8-6-,10-7-,11-9?. The molecule has 0 unspecified atom stereocenters. The van der Waals surface area contributed by atoms with Gasteiger partial charge in [0.05, 0.1) is 0 Å². The topological polar surface area (TPSA) is 12.4 Å². The summed E-state index contributed by atoms with van der Waals surface area (Å²) >= 11 is 0. The first-order chi connectivity index (χ1) is 5.31. The molecule has 0 spiro atoms. The van der Waals surface area contributed by atoms with Gasteiger partial charge in [-0.2, -0.15) is 0 Å². The number of aliphatic imine (C=N–C) groups is 1. The molecule has 1 heteroatoms. The van der Waals surface area contributed by atoms with Crippen LogP contribution in [0.3, 0.4) is 0 Å². The van der Waals surface area contributed by atoms with E-state index < -0.39 is 0 Å². The SMILES string of the molecule is C/C=C/C=C(C)\C=C/C=NC. The van der Waals surface area contributed by atoms with Crippen LogP contribution < -0.4 is 0 Å². The van der Waals surface area contributed by atoms with Crippen LogP contribution in [0.25, 0.3) is 0 Å². The van der Waals surface area contributed by atoms with Crippen molar-refractivity contribution in [1.82, 2.24) is 0 Å². The molecule has 0 saturated carbocycles. The summed E-state index contributed by atoms with van der Waals surface area (Å²) < 4.78 is 0. The van der Waals surface area contributed by atoms with Crippen LogP contribution in [0.15, 0.2) is 40.9 Å². The minimum absolute atomic E-state index is 1.23. The first kappa shape index (κ1) is 9.89. The third-order valence-electron chi connectivity index (χ3n) is 1.15. The molecule has 0 aliphatic rings. The average molecular weight is 149 g/mol. The Kier molecular flexibility index (Phi) is 6.30. The number of rotatable bonds is 3. The molecule has 0 aromatic heterocycles. The summed E-state index contributed by atoms with van der Waals surface area (Å²) in [5, 5.41) is 0. The predicted octanol–water partition coefficient (Wildman–Crippen LogP) is 2.77. The fourth-order valence-corrected chi connectivity index (χ4v) is 0.584. The zero-order chi connectivity index (χ0) is 8.53. The first-order valence-electron chi connectivity index (χ1n) is 3.69. The van der Waals surface area contributed by atoms with E-state index in [-0.39, 0.29) is 0 Å². The highest BCUT2D eigenvalue weighted by molar-refractivity contribution is 5.71. The molecule has 0 aliphatic heterocycles. The van der Waals surface area contributed by atoms with Crippen molar-refractivity contribution in [3.8, 4) is 0 Å². The lowest BCUT2D eigenvalue weighted by atomic mass is 10.2. The predicted molar refractivity (Wildman–Crippen MR) is 52.1 cm³/mol. The van der Waals surface area contributed by atoms with Crippen LogP contribution in [0.1, 0.15) is 13.8 Å². The molecule has 0 bridgehead atoms. The van der Waals surface area contributed by atoms with E-state index in [1.165, 1.54) is 5.57 Å². The maximum Gasteiger partial charge on any atom is 0.0277 e. The Morgan fingerprint density at radius 1 is 1.27 bits per heavy atom. The lowest BCUT2D eigenvalue weighted by Crippen LogP contribution is -1.67. The molecule has 0 amide bonds. The fraction of sp³-hybridized carbons (Fsp3) is 0.300. The lowest BCUT2D eigenvalue weighted by Gasteiger charge is -1.84. The maximum atomic E-state index is 3.83. The molecule has 0 fully saturated rings. The molecule has 0 radical (unpaired) electrons. The minimum Gasteiger partial charge on any atom is -0.297 e. The summed E-state index contributed by atoms with van der Waals surface area (Å²) in [6, 6.07) is 0. The van der Waals surface area contributed by atoms with Crippen molar-refractivity contribution in [3.05, 3.63) is 36.0 Å². The van der Waals surface area contributed by atoms with Crippen LogP contribution in [0.2, 0.25) is 0 Å². The summed E-state index contributed by atoms with van der Waals surface area (Å²) in [5.74, 6) is 0. The van der Waals surface area contributed by atoms with Crippen molar-refractivity contribution in [2.75, 3.05) is 7.05 Å². The van der Waals surface area contributed by atoms with Crippen LogP contribution in [0.5, 0.6) is 0 Å². The Bertz CT molecular complexity index is 195. The molecular weight excluding hydrogens is 134 g/mol. The van der Waals surface area contributed by atoms with E-state index >= 15 is 0 Å². The quantitative estimate of drug-likeness (QED) is 0.432. The highest BCUT2D eigenvalue weighted by atomic mass is 14.6. The van der Waals surface area contributed by atoms with Crippen LogP contribution in [0.4, 0.5) is 0 Å². The normalized spacial score (nSPS) is 14.3. The van der Waals surface area contributed by atoms with Gasteiger partial charge in [-0.1, -0.05) is 29.9 Å². The van der Waals surface area contributed by atoms with E-state index in [9.17, 15) is 0 Å². The van der Waals surface area contributed by atoms with Gasteiger partial charge in [0, 0.05) is 13.3 Å². The van der Waals surface area contributed by atoms with Crippen LogP contribution in [-0.4, -0.2) is 13.3 Å². The smallest absolute Gasteiger partial charge is 0.0277 e.